The Morgan fingerprint density at radius 1 is 1.10 bits per heavy atom. The van der Waals surface area contributed by atoms with Crippen molar-refractivity contribution in [3.05, 3.63) is 59.2 Å². The van der Waals surface area contributed by atoms with Gasteiger partial charge >= 0.3 is 0 Å². The molecule has 5 heteroatoms. The van der Waals surface area contributed by atoms with Crippen molar-refractivity contribution in [2.75, 3.05) is 13.7 Å². The summed E-state index contributed by atoms with van der Waals surface area (Å²) in [5.74, 6) is -0.0636. The molecule has 0 aromatic heterocycles. The van der Waals surface area contributed by atoms with Crippen molar-refractivity contribution >= 4 is 0 Å². The molecule has 1 unspecified atom stereocenters. The van der Waals surface area contributed by atoms with Crippen LogP contribution in [0.15, 0.2) is 36.4 Å². The van der Waals surface area contributed by atoms with Crippen molar-refractivity contribution in [1.82, 2.24) is 0 Å². The maximum Gasteiger partial charge on any atom is 0.165 e. The Bertz CT molecular complexity index is 632. The summed E-state index contributed by atoms with van der Waals surface area (Å²) in [5, 5.41) is 0. The zero-order valence-electron chi connectivity index (χ0n) is 11.9. The first-order valence-corrected chi connectivity index (χ1v) is 6.49. The molecular formula is C16H17F2NO2. The van der Waals surface area contributed by atoms with Gasteiger partial charge in [-0.3, -0.25) is 0 Å². The first kappa shape index (κ1) is 15.3. The molecule has 0 bridgehead atoms. The van der Waals surface area contributed by atoms with Crippen LogP contribution < -0.4 is 15.2 Å². The van der Waals surface area contributed by atoms with E-state index in [0.717, 1.165) is 0 Å². The molecule has 0 aliphatic rings. The maximum atomic E-state index is 13.6. The van der Waals surface area contributed by atoms with Gasteiger partial charge in [0.15, 0.2) is 11.6 Å². The van der Waals surface area contributed by atoms with E-state index in [1.165, 1.54) is 31.4 Å². The van der Waals surface area contributed by atoms with Crippen LogP contribution in [0.2, 0.25) is 0 Å². The minimum Gasteiger partial charge on any atom is -0.494 e. The van der Waals surface area contributed by atoms with Crippen LogP contribution in [0.1, 0.15) is 17.2 Å². The van der Waals surface area contributed by atoms with Crippen molar-refractivity contribution in [2.24, 2.45) is 5.73 Å². The summed E-state index contributed by atoms with van der Waals surface area (Å²) in [6.45, 7) is 1.82. The lowest BCUT2D eigenvalue weighted by Gasteiger charge is -2.15. The van der Waals surface area contributed by atoms with E-state index in [0.29, 0.717) is 16.9 Å². The Labute approximate surface area is 122 Å². The summed E-state index contributed by atoms with van der Waals surface area (Å²) in [6.07, 6.45) is 0. The van der Waals surface area contributed by atoms with Crippen molar-refractivity contribution in [2.45, 2.75) is 13.0 Å². The van der Waals surface area contributed by atoms with Crippen LogP contribution >= 0.6 is 0 Å². The highest BCUT2D eigenvalue weighted by Crippen LogP contribution is 2.22. The van der Waals surface area contributed by atoms with Gasteiger partial charge in [-0.25, -0.2) is 8.78 Å². The van der Waals surface area contributed by atoms with Gasteiger partial charge in [0.05, 0.1) is 13.2 Å². The number of aryl methyl sites for hydroxylation is 1. The fraction of sp³-hybridized carbons (Fsp3) is 0.250. The summed E-state index contributed by atoms with van der Waals surface area (Å²) < 4.78 is 37.1. The first-order valence-electron chi connectivity index (χ1n) is 6.49. The van der Waals surface area contributed by atoms with Crippen LogP contribution in [0.25, 0.3) is 0 Å². The highest BCUT2D eigenvalue weighted by atomic mass is 19.1. The quantitative estimate of drug-likeness (QED) is 0.919. The average Bonchev–Trinajstić information content (AvgIpc) is 2.48. The van der Waals surface area contributed by atoms with Crippen LogP contribution in [0.3, 0.4) is 0 Å². The third-order valence-corrected chi connectivity index (χ3v) is 3.16. The van der Waals surface area contributed by atoms with Crippen molar-refractivity contribution in [3.8, 4) is 11.5 Å². The second kappa shape index (κ2) is 6.54. The summed E-state index contributed by atoms with van der Waals surface area (Å²) in [7, 11) is 1.40. The summed E-state index contributed by atoms with van der Waals surface area (Å²) >= 11 is 0. The van der Waals surface area contributed by atoms with Crippen LogP contribution in [-0.2, 0) is 0 Å². The van der Waals surface area contributed by atoms with Crippen LogP contribution in [0, 0.1) is 18.6 Å². The maximum absolute atomic E-state index is 13.6. The number of hydrogen-bond acceptors (Lipinski definition) is 3. The number of rotatable bonds is 5. The smallest absolute Gasteiger partial charge is 0.165 e. The number of nitrogens with two attached hydrogens (primary N) is 1. The van der Waals surface area contributed by atoms with E-state index >= 15 is 0 Å². The largest absolute Gasteiger partial charge is 0.494 e. The normalized spacial score (nSPS) is 12.0. The van der Waals surface area contributed by atoms with Gasteiger partial charge in [-0.15, -0.1) is 0 Å². The number of halogens is 2. The van der Waals surface area contributed by atoms with E-state index in [2.05, 4.69) is 0 Å². The molecule has 2 aromatic rings. The van der Waals surface area contributed by atoms with E-state index < -0.39 is 11.9 Å². The lowest BCUT2D eigenvalue weighted by atomic mass is 10.1. The zero-order valence-corrected chi connectivity index (χ0v) is 11.9. The Hall–Kier alpha value is -2.14. The molecule has 21 heavy (non-hydrogen) atoms. The van der Waals surface area contributed by atoms with Crippen molar-refractivity contribution in [3.63, 3.8) is 0 Å². The van der Waals surface area contributed by atoms with Crippen LogP contribution in [0.4, 0.5) is 8.78 Å². The van der Waals surface area contributed by atoms with Gasteiger partial charge in [0.25, 0.3) is 0 Å². The molecule has 0 fully saturated rings. The lowest BCUT2D eigenvalue weighted by molar-refractivity contribution is 0.289. The minimum absolute atomic E-state index is 0.164. The molecule has 0 aliphatic carbocycles. The average molecular weight is 293 g/mol. The molecule has 2 N–H and O–H groups in total. The molecule has 3 nitrogen and oxygen atoms in total. The summed E-state index contributed by atoms with van der Waals surface area (Å²) in [5.41, 5.74) is 7.07. The fourth-order valence-corrected chi connectivity index (χ4v) is 1.90. The van der Waals surface area contributed by atoms with Gasteiger partial charge in [-0.05, 0) is 48.4 Å². The second-order valence-electron chi connectivity index (χ2n) is 4.72. The Kier molecular flexibility index (Phi) is 4.75. The molecular weight excluding hydrogens is 276 g/mol. The van der Waals surface area contributed by atoms with Gasteiger partial charge in [-0.1, -0.05) is 6.07 Å². The molecule has 0 radical (unpaired) electrons. The van der Waals surface area contributed by atoms with Gasteiger partial charge in [-0.2, -0.15) is 0 Å². The number of hydrogen-bond donors (Lipinski definition) is 1. The molecule has 1 atom stereocenters. The van der Waals surface area contributed by atoms with E-state index in [1.54, 1.807) is 19.1 Å². The topological polar surface area (TPSA) is 44.5 Å². The third kappa shape index (κ3) is 3.70. The van der Waals surface area contributed by atoms with Crippen molar-refractivity contribution in [1.29, 1.82) is 0 Å². The molecule has 112 valence electrons. The Morgan fingerprint density at radius 3 is 2.48 bits per heavy atom. The SMILES string of the molecule is COc1ccc(C(N)COc2ccc(F)c(C)c2)cc1F. The van der Waals surface area contributed by atoms with Gasteiger partial charge < -0.3 is 15.2 Å². The van der Waals surface area contributed by atoms with E-state index in [1.807, 2.05) is 0 Å². The standard InChI is InChI=1S/C16H17F2NO2/c1-10-7-12(4-5-13(10)17)21-9-15(19)11-3-6-16(20-2)14(18)8-11/h3-8,15H,9,19H2,1-2H3. The summed E-state index contributed by atoms with van der Waals surface area (Å²) in [6, 6.07) is 8.50. The van der Waals surface area contributed by atoms with E-state index in [-0.39, 0.29) is 18.2 Å². The monoisotopic (exact) mass is 293 g/mol. The Balaban J connectivity index is 2.02. The van der Waals surface area contributed by atoms with Gasteiger partial charge in [0.1, 0.15) is 18.2 Å². The molecule has 0 heterocycles. The highest BCUT2D eigenvalue weighted by Gasteiger charge is 2.11. The predicted octanol–water partition coefficient (Wildman–Crippen LogP) is 3.36. The highest BCUT2D eigenvalue weighted by molar-refractivity contribution is 5.32. The van der Waals surface area contributed by atoms with Crippen LogP contribution in [0.5, 0.6) is 11.5 Å². The lowest BCUT2D eigenvalue weighted by Crippen LogP contribution is -2.19. The first-order chi connectivity index (χ1) is 10.0. The molecule has 0 aliphatic heterocycles. The summed E-state index contributed by atoms with van der Waals surface area (Å²) in [4.78, 5) is 0. The molecule has 2 aromatic carbocycles. The number of methoxy groups -OCH3 is 1. The molecule has 2 rings (SSSR count). The van der Waals surface area contributed by atoms with Gasteiger partial charge in [0, 0.05) is 0 Å². The van der Waals surface area contributed by atoms with E-state index in [4.69, 9.17) is 15.2 Å². The van der Waals surface area contributed by atoms with Crippen molar-refractivity contribution < 1.29 is 18.3 Å². The molecule has 0 amide bonds. The minimum atomic E-state index is -0.490. The molecule has 0 saturated heterocycles. The Morgan fingerprint density at radius 2 is 1.86 bits per heavy atom. The fourth-order valence-electron chi connectivity index (χ4n) is 1.90. The predicted molar refractivity (Wildman–Crippen MR) is 76.5 cm³/mol. The zero-order chi connectivity index (χ0) is 15.4. The molecule has 0 saturated carbocycles. The van der Waals surface area contributed by atoms with Gasteiger partial charge in [0.2, 0.25) is 0 Å². The molecule has 0 spiro atoms. The number of benzene rings is 2. The van der Waals surface area contributed by atoms with Crippen LogP contribution in [-0.4, -0.2) is 13.7 Å². The third-order valence-electron chi connectivity index (χ3n) is 3.16. The second-order valence-corrected chi connectivity index (χ2v) is 4.72. The number of ether oxygens (including phenoxy) is 2. The van der Waals surface area contributed by atoms with E-state index in [9.17, 15) is 8.78 Å².